The van der Waals surface area contributed by atoms with E-state index in [9.17, 15) is 9.59 Å². The number of carboxylic acids is 1. The second kappa shape index (κ2) is 9.52. The number of thioether (sulfide) groups is 1. The molecule has 0 atom stereocenters. The van der Waals surface area contributed by atoms with Crippen molar-refractivity contribution in [2.45, 2.75) is 18.1 Å². The molecule has 9 heteroatoms. The third kappa shape index (κ3) is 6.21. The van der Waals surface area contributed by atoms with Crippen molar-refractivity contribution in [1.29, 1.82) is 0 Å². The van der Waals surface area contributed by atoms with Crippen LogP contribution in [-0.2, 0) is 22.4 Å². The van der Waals surface area contributed by atoms with Gasteiger partial charge in [0.25, 0.3) is 5.22 Å². The van der Waals surface area contributed by atoms with E-state index in [1.54, 1.807) is 24.3 Å². The van der Waals surface area contributed by atoms with Gasteiger partial charge in [-0.15, -0.1) is 10.2 Å². The first-order valence-electron chi connectivity index (χ1n) is 8.28. The molecule has 0 spiro atoms. The number of rotatable bonds is 8. The summed E-state index contributed by atoms with van der Waals surface area (Å²) >= 11 is 4.54. The molecule has 0 saturated heterocycles. The van der Waals surface area contributed by atoms with Gasteiger partial charge in [-0.05, 0) is 35.4 Å². The molecule has 0 aliphatic heterocycles. The summed E-state index contributed by atoms with van der Waals surface area (Å²) in [7, 11) is 0. The van der Waals surface area contributed by atoms with Crippen molar-refractivity contribution in [3.63, 3.8) is 0 Å². The fraction of sp³-hybridized carbons (Fsp3) is 0.158. The Balaban J connectivity index is 1.47. The predicted molar refractivity (Wildman–Crippen MR) is 108 cm³/mol. The number of aromatic nitrogens is 2. The average Bonchev–Trinajstić information content (AvgIpc) is 3.11. The minimum Gasteiger partial charge on any atom is -0.481 e. The zero-order chi connectivity index (χ0) is 19.9. The maximum Gasteiger partial charge on any atom is 0.307 e. The molecule has 0 aliphatic carbocycles. The lowest BCUT2D eigenvalue weighted by molar-refractivity contribution is -0.136. The smallest absolute Gasteiger partial charge is 0.307 e. The summed E-state index contributed by atoms with van der Waals surface area (Å²) < 4.78 is 6.57. The minimum absolute atomic E-state index is 0.0518. The van der Waals surface area contributed by atoms with Gasteiger partial charge >= 0.3 is 5.97 Å². The molecule has 1 aromatic heterocycles. The predicted octanol–water partition coefficient (Wildman–Crippen LogP) is 3.78. The van der Waals surface area contributed by atoms with Crippen LogP contribution in [0.15, 0.2) is 62.6 Å². The van der Waals surface area contributed by atoms with Gasteiger partial charge in [-0.1, -0.05) is 52.0 Å². The van der Waals surface area contributed by atoms with Gasteiger partial charge in [-0.25, -0.2) is 0 Å². The van der Waals surface area contributed by atoms with Gasteiger partial charge in [-0.2, -0.15) is 0 Å². The van der Waals surface area contributed by atoms with Gasteiger partial charge in [0.1, 0.15) is 0 Å². The molecular formula is C19H16BrN3O4S. The molecule has 3 rings (SSSR count). The number of anilines is 1. The quantitative estimate of drug-likeness (QED) is 0.491. The normalized spacial score (nSPS) is 10.6. The molecule has 0 bridgehead atoms. The number of hydrogen-bond donors (Lipinski definition) is 2. The summed E-state index contributed by atoms with van der Waals surface area (Å²) in [5.41, 5.74) is 2.32. The lowest BCUT2D eigenvalue weighted by Crippen LogP contribution is -2.14. The number of nitrogens with one attached hydrogen (secondary N) is 1. The largest absolute Gasteiger partial charge is 0.481 e. The van der Waals surface area contributed by atoms with Crippen LogP contribution in [-0.4, -0.2) is 32.9 Å². The summed E-state index contributed by atoms with van der Waals surface area (Å²) in [5.74, 6) is -0.508. The Hall–Kier alpha value is -2.65. The van der Waals surface area contributed by atoms with Gasteiger partial charge in [0.15, 0.2) is 0 Å². The van der Waals surface area contributed by atoms with E-state index >= 15 is 0 Å². The van der Waals surface area contributed by atoms with Gasteiger partial charge in [0.05, 0.1) is 18.6 Å². The summed E-state index contributed by atoms with van der Waals surface area (Å²) in [5, 5.41) is 19.8. The van der Waals surface area contributed by atoms with Crippen molar-refractivity contribution in [3.8, 4) is 0 Å². The van der Waals surface area contributed by atoms with Crippen molar-refractivity contribution >= 4 is 45.3 Å². The highest BCUT2D eigenvalue weighted by molar-refractivity contribution is 9.10. The third-order valence-electron chi connectivity index (χ3n) is 3.64. The molecule has 3 aromatic rings. The van der Waals surface area contributed by atoms with Crippen molar-refractivity contribution in [2.75, 3.05) is 11.1 Å². The van der Waals surface area contributed by atoms with Crippen LogP contribution in [0.25, 0.3) is 0 Å². The van der Waals surface area contributed by atoms with E-state index in [1.165, 1.54) is 0 Å². The zero-order valence-electron chi connectivity index (χ0n) is 14.6. The van der Waals surface area contributed by atoms with E-state index < -0.39 is 5.97 Å². The number of aliphatic carboxylic acids is 1. The summed E-state index contributed by atoms with van der Waals surface area (Å²) in [6.07, 6.45) is 0.472. The average molecular weight is 462 g/mol. The molecule has 2 N–H and O–H groups in total. The van der Waals surface area contributed by atoms with E-state index in [1.807, 2.05) is 24.3 Å². The van der Waals surface area contributed by atoms with Crippen LogP contribution < -0.4 is 5.32 Å². The first-order valence-corrected chi connectivity index (χ1v) is 10.1. The molecule has 1 heterocycles. The molecule has 144 valence electrons. The number of amides is 1. The van der Waals surface area contributed by atoms with Crippen molar-refractivity contribution in [1.82, 2.24) is 10.2 Å². The molecule has 0 unspecified atom stereocenters. The van der Waals surface area contributed by atoms with Crippen LogP contribution in [0, 0.1) is 0 Å². The van der Waals surface area contributed by atoms with Gasteiger partial charge < -0.3 is 14.8 Å². The van der Waals surface area contributed by atoms with Crippen LogP contribution in [0.1, 0.15) is 17.0 Å². The monoisotopic (exact) mass is 461 g/mol. The standard InChI is InChI=1S/C19H16BrN3O4S/c20-14-5-1-12(2-6-14)9-17-22-23-19(27-17)28-11-16(24)21-15-7-3-13(4-8-15)10-18(25)26/h1-8H,9-11H2,(H,21,24)(H,25,26). The Bertz CT molecular complexity index is 958. The molecule has 0 fully saturated rings. The molecule has 1 amide bonds. The number of hydrogen-bond acceptors (Lipinski definition) is 6. The van der Waals surface area contributed by atoms with Gasteiger partial charge in [-0.3, -0.25) is 9.59 Å². The highest BCUT2D eigenvalue weighted by Gasteiger charge is 2.11. The van der Waals surface area contributed by atoms with Crippen LogP contribution in [0.5, 0.6) is 0 Å². The highest BCUT2D eigenvalue weighted by atomic mass is 79.9. The van der Waals surface area contributed by atoms with Crippen LogP contribution in [0.3, 0.4) is 0 Å². The van der Waals surface area contributed by atoms with Gasteiger partial charge in [0.2, 0.25) is 11.8 Å². The second-order valence-electron chi connectivity index (χ2n) is 5.87. The SMILES string of the molecule is O=C(O)Cc1ccc(NC(=O)CSc2nnc(Cc3ccc(Br)cc3)o2)cc1. The molecule has 7 nitrogen and oxygen atoms in total. The number of nitrogens with zero attached hydrogens (tertiary/aromatic N) is 2. The zero-order valence-corrected chi connectivity index (χ0v) is 17.0. The maximum absolute atomic E-state index is 12.1. The summed E-state index contributed by atoms with van der Waals surface area (Å²) in [6.45, 7) is 0. The fourth-order valence-corrected chi connectivity index (χ4v) is 3.19. The van der Waals surface area contributed by atoms with Gasteiger partial charge in [0, 0.05) is 10.2 Å². The van der Waals surface area contributed by atoms with E-state index in [2.05, 4.69) is 31.4 Å². The fourth-order valence-electron chi connectivity index (χ4n) is 2.35. The van der Waals surface area contributed by atoms with Crippen LogP contribution in [0.2, 0.25) is 0 Å². The van der Waals surface area contributed by atoms with E-state index in [0.29, 0.717) is 28.8 Å². The Morgan fingerprint density at radius 2 is 1.71 bits per heavy atom. The first kappa shape index (κ1) is 20.1. The van der Waals surface area contributed by atoms with Crippen molar-refractivity contribution in [2.24, 2.45) is 0 Å². The Kier molecular flexibility index (Phi) is 6.83. The molecule has 0 aliphatic rings. The third-order valence-corrected chi connectivity index (χ3v) is 4.98. The lowest BCUT2D eigenvalue weighted by Gasteiger charge is -2.05. The molecule has 28 heavy (non-hydrogen) atoms. The second-order valence-corrected chi connectivity index (χ2v) is 7.71. The Morgan fingerprint density at radius 3 is 2.39 bits per heavy atom. The minimum atomic E-state index is -0.896. The van der Waals surface area contributed by atoms with E-state index in [4.69, 9.17) is 9.52 Å². The van der Waals surface area contributed by atoms with Crippen LogP contribution >= 0.6 is 27.7 Å². The van der Waals surface area contributed by atoms with Crippen molar-refractivity contribution < 1.29 is 19.1 Å². The van der Waals surface area contributed by atoms with Crippen molar-refractivity contribution in [3.05, 3.63) is 70.0 Å². The number of carbonyl (C=O) groups is 2. The molecular weight excluding hydrogens is 446 g/mol. The molecule has 2 aromatic carbocycles. The lowest BCUT2D eigenvalue weighted by atomic mass is 10.1. The molecule has 0 saturated carbocycles. The number of halogens is 1. The highest BCUT2D eigenvalue weighted by Crippen LogP contribution is 2.19. The Labute approximate surface area is 173 Å². The summed E-state index contributed by atoms with van der Waals surface area (Å²) in [6, 6.07) is 14.5. The van der Waals surface area contributed by atoms with E-state index in [-0.39, 0.29) is 18.1 Å². The Morgan fingerprint density at radius 1 is 1.04 bits per heavy atom. The molecule has 0 radical (unpaired) electrons. The first-order chi connectivity index (χ1) is 13.5. The number of carboxylic acid groups (broad SMARTS) is 1. The summed E-state index contributed by atoms with van der Waals surface area (Å²) in [4.78, 5) is 22.7. The maximum atomic E-state index is 12.1. The topological polar surface area (TPSA) is 105 Å². The number of benzene rings is 2. The van der Waals surface area contributed by atoms with Crippen LogP contribution in [0.4, 0.5) is 5.69 Å². The van der Waals surface area contributed by atoms with E-state index in [0.717, 1.165) is 21.8 Å². The number of carbonyl (C=O) groups excluding carboxylic acids is 1.